The number of carbonyl (C=O) groups excluding carboxylic acids is 1. The molecular weight excluding hydrogens is 402 g/mol. The summed E-state index contributed by atoms with van der Waals surface area (Å²) in [6, 6.07) is 21.5. The van der Waals surface area contributed by atoms with Gasteiger partial charge in [-0.25, -0.2) is 9.59 Å². The molecule has 32 heavy (non-hydrogen) atoms. The number of fused-ring (bicyclic) bond motifs is 3. The second-order valence-corrected chi connectivity index (χ2v) is 7.82. The van der Waals surface area contributed by atoms with Crippen molar-refractivity contribution >= 4 is 18.1 Å². The highest BCUT2D eigenvalue weighted by Gasteiger charge is 2.28. The van der Waals surface area contributed by atoms with E-state index in [1.165, 1.54) is 22.3 Å². The molecule has 0 fully saturated rings. The van der Waals surface area contributed by atoms with E-state index in [1.807, 2.05) is 43.3 Å². The van der Waals surface area contributed by atoms with Crippen molar-refractivity contribution in [2.75, 3.05) is 13.2 Å². The van der Waals surface area contributed by atoms with Crippen molar-refractivity contribution in [2.24, 2.45) is 0 Å². The summed E-state index contributed by atoms with van der Waals surface area (Å²) in [5, 5.41) is 11.8. The molecule has 0 aromatic heterocycles. The smallest absolute Gasteiger partial charge is 0.407 e. The highest BCUT2D eigenvalue weighted by molar-refractivity contribution is 5.88. The van der Waals surface area contributed by atoms with Crippen molar-refractivity contribution in [1.29, 1.82) is 0 Å². The quantitative estimate of drug-likeness (QED) is 0.479. The Labute approximate surface area is 187 Å². The number of alkyl carbamates (subject to hydrolysis) is 1. The van der Waals surface area contributed by atoms with E-state index in [2.05, 4.69) is 29.6 Å². The molecule has 0 radical (unpaired) electrons. The largest absolute Gasteiger partial charge is 0.478 e. The zero-order chi connectivity index (χ0) is 22.5. The summed E-state index contributed by atoms with van der Waals surface area (Å²) in [4.78, 5) is 23.2. The highest BCUT2D eigenvalue weighted by atomic mass is 16.5. The molecule has 0 unspecified atom stereocenters. The van der Waals surface area contributed by atoms with E-state index in [0.717, 1.165) is 11.1 Å². The van der Waals surface area contributed by atoms with Gasteiger partial charge in [0.1, 0.15) is 6.61 Å². The van der Waals surface area contributed by atoms with Crippen LogP contribution in [0.1, 0.15) is 45.0 Å². The molecule has 0 saturated carbocycles. The van der Waals surface area contributed by atoms with Gasteiger partial charge in [0.25, 0.3) is 0 Å². The van der Waals surface area contributed by atoms with E-state index in [9.17, 15) is 9.59 Å². The third-order valence-corrected chi connectivity index (χ3v) is 5.74. The van der Waals surface area contributed by atoms with Gasteiger partial charge in [-0.15, -0.1) is 0 Å². The fourth-order valence-electron chi connectivity index (χ4n) is 4.11. The molecule has 0 atom stereocenters. The van der Waals surface area contributed by atoms with Crippen molar-refractivity contribution in [3.05, 3.63) is 101 Å². The van der Waals surface area contributed by atoms with Gasteiger partial charge in [-0.1, -0.05) is 66.7 Å². The third kappa shape index (κ3) is 4.57. The van der Waals surface area contributed by atoms with Gasteiger partial charge in [0.05, 0.1) is 5.56 Å². The Hall–Kier alpha value is -3.86. The lowest BCUT2D eigenvalue weighted by Crippen LogP contribution is -2.26. The number of benzene rings is 3. The standard InChI is InChI=1S/C27H25NO4/c1-18-16-20(26(29)30)14-13-19(18)8-6-7-15-28-27(31)32-17-25-23-11-4-2-9-21(23)22-10-3-5-12-24(22)25/h2-6,8-14,16,25H,7,15,17H2,1H3,(H,28,31)(H,29,30). The number of aryl methyl sites for hydroxylation is 1. The molecule has 0 heterocycles. The van der Waals surface area contributed by atoms with E-state index in [0.29, 0.717) is 19.6 Å². The fraction of sp³-hybridized carbons (Fsp3) is 0.185. The Morgan fingerprint density at radius 3 is 2.28 bits per heavy atom. The van der Waals surface area contributed by atoms with Crippen LogP contribution in [0.3, 0.4) is 0 Å². The molecule has 0 saturated heterocycles. The monoisotopic (exact) mass is 427 g/mol. The van der Waals surface area contributed by atoms with E-state index in [1.54, 1.807) is 18.2 Å². The van der Waals surface area contributed by atoms with Crippen LogP contribution in [-0.2, 0) is 4.74 Å². The van der Waals surface area contributed by atoms with Gasteiger partial charge < -0.3 is 15.2 Å². The number of nitrogens with one attached hydrogen (secondary N) is 1. The number of carbonyl (C=O) groups is 2. The molecule has 162 valence electrons. The lowest BCUT2D eigenvalue weighted by molar-refractivity contribution is 0.0696. The van der Waals surface area contributed by atoms with Crippen LogP contribution >= 0.6 is 0 Å². The first-order valence-electron chi connectivity index (χ1n) is 10.6. The molecule has 3 aromatic carbocycles. The summed E-state index contributed by atoms with van der Waals surface area (Å²) < 4.78 is 5.53. The SMILES string of the molecule is Cc1cc(C(=O)O)ccc1C=CCCNC(=O)OCC1c2ccccc2-c2ccccc21. The number of rotatable bonds is 7. The van der Waals surface area contributed by atoms with Crippen LogP contribution in [0.5, 0.6) is 0 Å². The first kappa shape index (κ1) is 21.4. The summed E-state index contributed by atoms with van der Waals surface area (Å²) in [5.74, 6) is -0.888. The average Bonchev–Trinajstić information content (AvgIpc) is 3.12. The van der Waals surface area contributed by atoms with Crippen molar-refractivity contribution in [1.82, 2.24) is 5.32 Å². The summed E-state index contributed by atoms with van der Waals surface area (Å²) in [6.45, 7) is 2.63. The lowest BCUT2D eigenvalue weighted by Gasteiger charge is -2.14. The molecule has 1 aliphatic carbocycles. The van der Waals surface area contributed by atoms with Crippen LogP contribution in [0.2, 0.25) is 0 Å². The van der Waals surface area contributed by atoms with E-state index >= 15 is 0 Å². The number of hydrogen-bond acceptors (Lipinski definition) is 3. The summed E-state index contributed by atoms with van der Waals surface area (Å²) in [7, 11) is 0. The molecule has 1 aliphatic rings. The summed E-state index contributed by atoms with van der Waals surface area (Å²) >= 11 is 0. The molecular formula is C27H25NO4. The zero-order valence-corrected chi connectivity index (χ0v) is 17.9. The molecule has 2 N–H and O–H groups in total. The zero-order valence-electron chi connectivity index (χ0n) is 17.9. The predicted molar refractivity (Wildman–Crippen MR) is 125 cm³/mol. The van der Waals surface area contributed by atoms with Gasteiger partial charge in [-0.2, -0.15) is 0 Å². The van der Waals surface area contributed by atoms with E-state index < -0.39 is 12.1 Å². The Bertz CT molecular complexity index is 1140. The van der Waals surface area contributed by atoms with Crippen LogP contribution in [-0.4, -0.2) is 30.3 Å². The van der Waals surface area contributed by atoms with Gasteiger partial charge in [-0.3, -0.25) is 0 Å². The number of ether oxygens (including phenoxy) is 1. The molecule has 3 aromatic rings. The van der Waals surface area contributed by atoms with Gasteiger partial charge >= 0.3 is 12.1 Å². The lowest BCUT2D eigenvalue weighted by atomic mass is 9.98. The minimum absolute atomic E-state index is 0.0461. The molecule has 5 nitrogen and oxygen atoms in total. The average molecular weight is 428 g/mol. The maximum atomic E-state index is 12.2. The molecule has 0 aliphatic heterocycles. The Kier molecular flexibility index (Phi) is 6.36. The Morgan fingerprint density at radius 1 is 1.00 bits per heavy atom. The highest BCUT2D eigenvalue weighted by Crippen LogP contribution is 2.44. The van der Waals surface area contributed by atoms with Crippen molar-refractivity contribution in [2.45, 2.75) is 19.3 Å². The number of carboxylic acids is 1. The van der Waals surface area contributed by atoms with Crippen molar-refractivity contribution in [3.8, 4) is 11.1 Å². The van der Waals surface area contributed by atoms with Crippen molar-refractivity contribution in [3.63, 3.8) is 0 Å². The van der Waals surface area contributed by atoms with Crippen LogP contribution in [0.25, 0.3) is 17.2 Å². The van der Waals surface area contributed by atoms with Crippen LogP contribution < -0.4 is 5.32 Å². The number of carboxylic acid groups (broad SMARTS) is 1. The first-order chi connectivity index (χ1) is 15.5. The third-order valence-electron chi connectivity index (χ3n) is 5.74. The normalized spacial score (nSPS) is 12.4. The molecule has 4 rings (SSSR count). The minimum Gasteiger partial charge on any atom is -0.478 e. The summed E-state index contributed by atoms with van der Waals surface area (Å²) in [5.41, 5.74) is 6.91. The number of amides is 1. The first-order valence-corrected chi connectivity index (χ1v) is 10.6. The van der Waals surface area contributed by atoms with Crippen LogP contribution in [0.4, 0.5) is 4.79 Å². The Morgan fingerprint density at radius 2 is 1.66 bits per heavy atom. The van der Waals surface area contributed by atoms with Crippen LogP contribution in [0, 0.1) is 6.92 Å². The number of hydrogen-bond donors (Lipinski definition) is 2. The maximum absolute atomic E-state index is 12.2. The van der Waals surface area contributed by atoms with Crippen LogP contribution in [0.15, 0.2) is 72.8 Å². The maximum Gasteiger partial charge on any atom is 0.407 e. The van der Waals surface area contributed by atoms with Crippen molar-refractivity contribution < 1.29 is 19.4 Å². The number of aromatic carboxylic acids is 1. The predicted octanol–water partition coefficient (Wildman–Crippen LogP) is 5.64. The fourth-order valence-corrected chi connectivity index (χ4v) is 4.11. The van der Waals surface area contributed by atoms with E-state index in [-0.39, 0.29) is 11.5 Å². The minimum atomic E-state index is -0.934. The van der Waals surface area contributed by atoms with Gasteiger partial charge in [-0.05, 0) is 58.9 Å². The second-order valence-electron chi connectivity index (χ2n) is 7.82. The molecule has 0 spiro atoms. The topological polar surface area (TPSA) is 75.6 Å². The second kappa shape index (κ2) is 9.52. The summed E-state index contributed by atoms with van der Waals surface area (Å²) in [6.07, 6.45) is 4.10. The van der Waals surface area contributed by atoms with Gasteiger partial charge in [0.2, 0.25) is 0 Å². The van der Waals surface area contributed by atoms with E-state index in [4.69, 9.17) is 9.84 Å². The Balaban J connectivity index is 1.27. The molecule has 0 bridgehead atoms. The van der Waals surface area contributed by atoms with Gasteiger partial charge in [0.15, 0.2) is 0 Å². The molecule has 1 amide bonds. The van der Waals surface area contributed by atoms with Gasteiger partial charge in [0, 0.05) is 12.5 Å². The molecule has 5 heteroatoms.